The van der Waals surface area contributed by atoms with Crippen molar-refractivity contribution in [3.05, 3.63) is 58.7 Å². The van der Waals surface area contributed by atoms with Crippen LogP contribution in [0, 0.1) is 13.8 Å². The lowest BCUT2D eigenvalue weighted by Crippen LogP contribution is -2.34. The zero-order valence-corrected chi connectivity index (χ0v) is 14.1. The van der Waals surface area contributed by atoms with Gasteiger partial charge in [0.2, 0.25) is 6.79 Å². The van der Waals surface area contributed by atoms with E-state index in [1.54, 1.807) is 0 Å². The lowest BCUT2D eigenvalue weighted by atomic mass is 10.1. The van der Waals surface area contributed by atoms with Gasteiger partial charge in [-0.1, -0.05) is 35.4 Å². The molecule has 0 saturated carbocycles. The van der Waals surface area contributed by atoms with Gasteiger partial charge in [0, 0.05) is 13.1 Å². The van der Waals surface area contributed by atoms with Crippen molar-refractivity contribution in [2.24, 2.45) is 0 Å². The molecule has 120 valence electrons. The molecule has 2 N–H and O–H groups in total. The van der Waals surface area contributed by atoms with E-state index in [1.807, 2.05) is 18.2 Å². The third-order valence-corrected chi connectivity index (χ3v) is 3.91. The van der Waals surface area contributed by atoms with Gasteiger partial charge in [-0.05, 0) is 49.3 Å². The van der Waals surface area contributed by atoms with E-state index in [-0.39, 0.29) is 0 Å². The summed E-state index contributed by atoms with van der Waals surface area (Å²) in [6, 6.07) is 12.4. The van der Waals surface area contributed by atoms with Gasteiger partial charge < -0.3 is 20.1 Å². The highest BCUT2D eigenvalue weighted by atomic mass is 32.1. The van der Waals surface area contributed by atoms with E-state index in [1.165, 1.54) is 16.7 Å². The van der Waals surface area contributed by atoms with Crippen LogP contribution in [0.15, 0.2) is 36.4 Å². The average Bonchev–Trinajstić information content (AvgIpc) is 2.97. The van der Waals surface area contributed by atoms with E-state index in [2.05, 4.69) is 42.7 Å². The Labute approximate surface area is 141 Å². The van der Waals surface area contributed by atoms with E-state index >= 15 is 0 Å². The first kappa shape index (κ1) is 15.6. The maximum Gasteiger partial charge on any atom is 0.231 e. The van der Waals surface area contributed by atoms with Crippen LogP contribution in [0.2, 0.25) is 0 Å². The molecule has 1 aliphatic heterocycles. The summed E-state index contributed by atoms with van der Waals surface area (Å²) in [6.07, 6.45) is 0. The Morgan fingerprint density at radius 3 is 2.30 bits per heavy atom. The summed E-state index contributed by atoms with van der Waals surface area (Å²) in [4.78, 5) is 0. The van der Waals surface area contributed by atoms with Crippen molar-refractivity contribution in [3.63, 3.8) is 0 Å². The Balaban J connectivity index is 1.49. The van der Waals surface area contributed by atoms with Gasteiger partial charge in [-0.15, -0.1) is 0 Å². The van der Waals surface area contributed by atoms with Crippen molar-refractivity contribution in [3.8, 4) is 11.5 Å². The summed E-state index contributed by atoms with van der Waals surface area (Å²) < 4.78 is 10.7. The molecule has 23 heavy (non-hydrogen) atoms. The zero-order chi connectivity index (χ0) is 16.2. The fourth-order valence-electron chi connectivity index (χ4n) is 2.65. The first-order chi connectivity index (χ1) is 11.1. The number of ether oxygens (including phenoxy) is 2. The second-order valence-electron chi connectivity index (χ2n) is 5.72. The summed E-state index contributed by atoms with van der Waals surface area (Å²) in [5.41, 5.74) is 4.86. The highest BCUT2D eigenvalue weighted by Gasteiger charge is 2.13. The normalized spacial score (nSPS) is 12.1. The summed E-state index contributed by atoms with van der Waals surface area (Å²) in [5.74, 6) is 1.59. The zero-order valence-electron chi connectivity index (χ0n) is 13.3. The van der Waals surface area contributed by atoms with Crippen molar-refractivity contribution < 1.29 is 9.47 Å². The lowest BCUT2D eigenvalue weighted by molar-refractivity contribution is 0.174. The minimum absolute atomic E-state index is 0.294. The van der Waals surface area contributed by atoms with Gasteiger partial charge in [-0.2, -0.15) is 0 Å². The third kappa shape index (κ3) is 4.13. The van der Waals surface area contributed by atoms with Gasteiger partial charge >= 0.3 is 0 Å². The van der Waals surface area contributed by atoms with Gasteiger partial charge in [0.05, 0.1) is 0 Å². The lowest BCUT2D eigenvalue weighted by Gasteiger charge is -2.12. The molecule has 4 nitrogen and oxygen atoms in total. The van der Waals surface area contributed by atoms with Gasteiger partial charge in [-0.3, -0.25) is 0 Å². The molecule has 0 aliphatic carbocycles. The maximum atomic E-state index is 5.38. The minimum atomic E-state index is 0.294. The summed E-state index contributed by atoms with van der Waals surface area (Å²) in [7, 11) is 0. The number of nitrogens with one attached hydrogen (secondary N) is 2. The Bertz CT molecular complexity index is 711. The van der Waals surface area contributed by atoms with Crippen molar-refractivity contribution in [1.82, 2.24) is 10.6 Å². The van der Waals surface area contributed by atoms with E-state index in [9.17, 15) is 0 Å². The van der Waals surface area contributed by atoms with Crippen LogP contribution in [0.1, 0.15) is 22.3 Å². The van der Waals surface area contributed by atoms with Crippen LogP contribution >= 0.6 is 12.2 Å². The number of benzene rings is 2. The molecule has 0 fully saturated rings. The number of aryl methyl sites for hydroxylation is 2. The number of fused-ring (bicyclic) bond motifs is 1. The topological polar surface area (TPSA) is 42.5 Å². The highest BCUT2D eigenvalue weighted by Crippen LogP contribution is 2.32. The predicted octanol–water partition coefficient (Wildman–Crippen LogP) is 3.20. The number of thiocarbonyl (C=S) groups is 1. The van der Waals surface area contributed by atoms with Crippen LogP contribution in [0.4, 0.5) is 0 Å². The molecule has 5 heteroatoms. The van der Waals surface area contributed by atoms with Crippen LogP contribution < -0.4 is 20.1 Å². The van der Waals surface area contributed by atoms with Crippen molar-refractivity contribution in [2.75, 3.05) is 6.79 Å². The van der Waals surface area contributed by atoms with Crippen LogP contribution in [0.25, 0.3) is 0 Å². The Kier molecular flexibility index (Phi) is 4.67. The molecule has 3 rings (SSSR count). The number of hydrogen-bond donors (Lipinski definition) is 2. The standard InChI is InChI=1S/C18H20N2O2S/c1-12-5-13(2)7-15(6-12)10-20-18(23)19-9-14-3-4-16-17(8-14)22-11-21-16/h3-8H,9-11H2,1-2H3,(H2,19,20,23). The quantitative estimate of drug-likeness (QED) is 0.844. The minimum Gasteiger partial charge on any atom is -0.454 e. The smallest absolute Gasteiger partial charge is 0.231 e. The molecule has 0 radical (unpaired) electrons. The van der Waals surface area contributed by atoms with Gasteiger partial charge in [-0.25, -0.2) is 0 Å². The van der Waals surface area contributed by atoms with E-state index in [0.717, 1.165) is 23.6 Å². The molecule has 0 saturated heterocycles. The van der Waals surface area contributed by atoms with Crippen molar-refractivity contribution >= 4 is 17.3 Å². The Morgan fingerprint density at radius 2 is 1.57 bits per heavy atom. The molecular weight excluding hydrogens is 308 g/mol. The molecule has 0 atom stereocenters. The van der Waals surface area contributed by atoms with Crippen LogP contribution in [-0.2, 0) is 13.1 Å². The maximum absolute atomic E-state index is 5.38. The van der Waals surface area contributed by atoms with Crippen LogP contribution in [-0.4, -0.2) is 11.9 Å². The SMILES string of the molecule is Cc1cc(C)cc(CNC(=S)NCc2ccc3c(c2)OCO3)c1. The Morgan fingerprint density at radius 1 is 0.913 bits per heavy atom. The van der Waals surface area contributed by atoms with Gasteiger partial charge in [0.25, 0.3) is 0 Å². The first-order valence-electron chi connectivity index (χ1n) is 7.57. The fraction of sp³-hybridized carbons (Fsp3) is 0.278. The molecule has 1 heterocycles. The summed E-state index contributed by atoms with van der Waals surface area (Å²) >= 11 is 5.34. The fourth-order valence-corrected chi connectivity index (χ4v) is 2.79. The van der Waals surface area contributed by atoms with Gasteiger partial charge in [0.1, 0.15) is 0 Å². The second-order valence-corrected chi connectivity index (χ2v) is 6.13. The van der Waals surface area contributed by atoms with E-state index < -0.39 is 0 Å². The molecule has 0 aromatic heterocycles. The molecule has 2 aromatic rings. The molecular formula is C18H20N2O2S. The molecule has 0 bridgehead atoms. The summed E-state index contributed by atoms with van der Waals surface area (Å²) in [6.45, 7) is 5.87. The van der Waals surface area contributed by atoms with Crippen molar-refractivity contribution in [1.29, 1.82) is 0 Å². The first-order valence-corrected chi connectivity index (χ1v) is 7.98. The van der Waals surface area contributed by atoms with E-state index in [0.29, 0.717) is 18.5 Å². The molecule has 0 spiro atoms. The molecule has 1 aliphatic rings. The predicted molar refractivity (Wildman–Crippen MR) is 94.8 cm³/mol. The van der Waals surface area contributed by atoms with Crippen LogP contribution in [0.5, 0.6) is 11.5 Å². The third-order valence-electron chi connectivity index (χ3n) is 3.62. The monoisotopic (exact) mass is 328 g/mol. The largest absolute Gasteiger partial charge is 0.454 e. The molecule has 0 amide bonds. The van der Waals surface area contributed by atoms with Crippen molar-refractivity contribution in [2.45, 2.75) is 26.9 Å². The molecule has 0 unspecified atom stereocenters. The number of rotatable bonds is 4. The average molecular weight is 328 g/mol. The highest BCUT2D eigenvalue weighted by molar-refractivity contribution is 7.80. The summed E-state index contributed by atoms with van der Waals surface area (Å²) in [5, 5.41) is 7.09. The molecule has 2 aromatic carbocycles. The second kappa shape index (κ2) is 6.87. The van der Waals surface area contributed by atoms with Crippen LogP contribution in [0.3, 0.4) is 0 Å². The number of hydrogen-bond acceptors (Lipinski definition) is 3. The van der Waals surface area contributed by atoms with Gasteiger partial charge in [0.15, 0.2) is 16.6 Å². The van der Waals surface area contributed by atoms with E-state index in [4.69, 9.17) is 21.7 Å². The Hall–Kier alpha value is -2.27.